The van der Waals surface area contributed by atoms with E-state index in [1.54, 1.807) is 0 Å². The van der Waals surface area contributed by atoms with Crippen LogP contribution in [0.4, 0.5) is 0 Å². The van der Waals surface area contributed by atoms with Crippen molar-refractivity contribution >= 4 is 22.5 Å². The van der Waals surface area contributed by atoms with Gasteiger partial charge in [-0.3, -0.25) is 0 Å². The Balaban J connectivity index is 1.51. The van der Waals surface area contributed by atoms with E-state index in [0.29, 0.717) is 6.10 Å². The normalized spacial score (nSPS) is 19.6. The molecule has 4 heteroatoms. The average Bonchev–Trinajstić information content (AvgIpc) is 2.82. The third-order valence-electron chi connectivity index (χ3n) is 3.93. The van der Waals surface area contributed by atoms with Crippen molar-refractivity contribution in [1.29, 1.82) is 0 Å². The maximum atomic E-state index is 6.39. The quantitative estimate of drug-likeness (QED) is 0.821. The molecule has 20 heavy (non-hydrogen) atoms. The number of hydrogen-bond donors (Lipinski definition) is 2. The van der Waals surface area contributed by atoms with Gasteiger partial charge in [-0.2, -0.15) is 0 Å². The van der Waals surface area contributed by atoms with Crippen LogP contribution < -0.4 is 5.32 Å². The molecular weight excluding hydrogens is 272 g/mol. The molecule has 3 rings (SSSR count). The van der Waals surface area contributed by atoms with Crippen LogP contribution in [-0.2, 0) is 11.3 Å². The highest BCUT2D eigenvalue weighted by Crippen LogP contribution is 2.26. The summed E-state index contributed by atoms with van der Waals surface area (Å²) in [5, 5.41) is 5.39. The zero-order valence-corrected chi connectivity index (χ0v) is 12.4. The molecule has 1 fully saturated rings. The van der Waals surface area contributed by atoms with E-state index < -0.39 is 0 Å². The van der Waals surface area contributed by atoms with Crippen LogP contribution in [0.2, 0.25) is 5.02 Å². The van der Waals surface area contributed by atoms with Crippen molar-refractivity contribution < 1.29 is 4.74 Å². The summed E-state index contributed by atoms with van der Waals surface area (Å²) in [4.78, 5) is 3.38. The lowest BCUT2D eigenvalue weighted by atomic mass is 10.1. The van der Waals surface area contributed by atoms with E-state index in [1.165, 1.54) is 19.3 Å². The van der Waals surface area contributed by atoms with Crippen molar-refractivity contribution in [1.82, 2.24) is 10.3 Å². The molecule has 1 aromatic carbocycles. The van der Waals surface area contributed by atoms with Crippen molar-refractivity contribution in [2.75, 3.05) is 13.2 Å². The molecule has 0 bridgehead atoms. The van der Waals surface area contributed by atoms with E-state index in [9.17, 15) is 0 Å². The molecule has 108 valence electrons. The third-order valence-corrected chi connectivity index (χ3v) is 4.36. The van der Waals surface area contributed by atoms with Crippen LogP contribution in [0, 0.1) is 0 Å². The molecule has 1 atom stereocenters. The first-order valence-corrected chi connectivity index (χ1v) is 7.80. The molecule has 0 aliphatic carbocycles. The molecule has 1 aliphatic rings. The maximum absolute atomic E-state index is 6.39. The van der Waals surface area contributed by atoms with E-state index in [1.807, 2.05) is 18.2 Å². The Bertz CT molecular complexity index is 561. The minimum Gasteiger partial charge on any atom is -0.378 e. The van der Waals surface area contributed by atoms with Crippen molar-refractivity contribution in [3.63, 3.8) is 0 Å². The topological polar surface area (TPSA) is 37.0 Å². The molecule has 2 N–H and O–H groups in total. The summed E-state index contributed by atoms with van der Waals surface area (Å²) < 4.78 is 5.73. The smallest absolute Gasteiger partial charge is 0.0705 e. The van der Waals surface area contributed by atoms with Gasteiger partial charge < -0.3 is 15.0 Å². The van der Waals surface area contributed by atoms with Crippen LogP contribution in [0.5, 0.6) is 0 Å². The molecule has 1 unspecified atom stereocenters. The number of nitrogens with one attached hydrogen (secondary N) is 2. The second-order valence-electron chi connectivity index (χ2n) is 5.42. The van der Waals surface area contributed by atoms with Crippen molar-refractivity contribution in [3.05, 3.63) is 35.0 Å². The second kappa shape index (κ2) is 6.61. The number of aromatic nitrogens is 1. The number of H-pyrrole nitrogens is 1. The molecule has 2 heterocycles. The Kier molecular flexibility index (Phi) is 4.61. The summed E-state index contributed by atoms with van der Waals surface area (Å²) in [5.41, 5.74) is 2.17. The zero-order chi connectivity index (χ0) is 13.8. The lowest BCUT2D eigenvalue weighted by Crippen LogP contribution is -2.25. The largest absolute Gasteiger partial charge is 0.378 e. The molecule has 0 saturated carbocycles. The number of rotatable bonds is 5. The lowest BCUT2D eigenvalue weighted by Gasteiger charge is -2.22. The summed E-state index contributed by atoms with van der Waals surface area (Å²) >= 11 is 6.39. The molecule has 0 radical (unpaired) electrons. The number of hydrogen-bond acceptors (Lipinski definition) is 2. The summed E-state index contributed by atoms with van der Waals surface area (Å²) in [7, 11) is 0. The third kappa shape index (κ3) is 3.17. The molecule has 2 aromatic rings. The summed E-state index contributed by atoms with van der Waals surface area (Å²) in [6, 6.07) is 8.14. The summed E-state index contributed by atoms with van der Waals surface area (Å²) in [6.45, 7) is 2.68. The number of benzene rings is 1. The second-order valence-corrected chi connectivity index (χ2v) is 5.80. The lowest BCUT2D eigenvalue weighted by molar-refractivity contribution is 0.0115. The highest BCUT2D eigenvalue weighted by molar-refractivity contribution is 6.36. The van der Waals surface area contributed by atoms with Gasteiger partial charge in [0.1, 0.15) is 0 Å². The van der Waals surface area contributed by atoms with Crippen LogP contribution >= 0.6 is 11.6 Å². The Hall–Kier alpha value is -1.03. The van der Waals surface area contributed by atoms with Crippen molar-refractivity contribution in [2.24, 2.45) is 0 Å². The minimum absolute atomic E-state index is 0.439. The fourth-order valence-electron chi connectivity index (χ4n) is 2.80. The number of aromatic amines is 1. The van der Waals surface area contributed by atoms with Gasteiger partial charge in [0, 0.05) is 29.7 Å². The van der Waals surface area contributed by atoms with Crippen LogP contribution in [0.3, 0.4) is 0 Å². The number of halogens is 1. The Labute approximate surface area is 124 Å². The van der Waals surface area contributed by atoms with Gasteiger partial charge in [0.25, 0.3) is 0 Å². The predicted octanol–water partition coefficient (Wildman–Crippen LogP) is 3.87. The van der Waals surface area contributed by atoms with E-state index in [-0.39, 0.29) is 0 Å². The molecule has 3 nitrogen and oxygen atoms in total. The van der Waals surface area contributed by atoms with Gasteiger partial charge >= 0.3 is 0 Å². The minimum atomic E-state index is 0.439. The van der Waals surface area contributed by atoms with Crippen LogP contribution in [-0.4, -0.2) is 24.2 Å². The van der Waals surface area contributed by atoms with Crippen molar-refractivity contribution in [3.8, 4) is 0 Å². The fraction of sp³-hybridized carbons (Fsp3) is 0.500. The van der Waals surface area contributed by atoms with Gasteiger partial charge in [-0.05, 0) is 38.3 Å². The van der Waals surface area contributed by atoms with E-state index in [0.717, 1.165) is 47.7 Å². The predicted molar refractivity (Wildman–Crippen MR) is 83.2 cm³/mol. The van der Waals surface area contributed by atoms with Gasteiger partial charge in [0.2, 0.25) is 0 Å². The van der Waals surface area contributed by atoms with Gasteiger partial charge in [-0.1, -0.05) is 29.8 Å². The first-order valence-electron chi connectivity index (χ1n) is 7.42. The standard InChI is InChI=1S/C16H21ClN2O/c17-16-13-6-1-2-7-14(13)19-15(16)11-18-9-8-12-5-3-4-10-20-12/h1-2,6-7,12,18-19H,3-5,8-11H2. The van der Waals surface area contributed by atoms with E-state index in [2.05, 4.69) is 16.4 Å². The van der Waals surface area contributed by atoms with E-state index >= 15 is 0 Å². The SMILES string of the molecule is Clc1c(CNCCC2CCCCO2)[nH]c2ccccc12. The first-order chi connectivity index (χ1) is 9.84. The monoisotopic (exact) mass is 292 g/mol. The molecular formula is C16H21ClN2O. The van der Waals surface area contributed by atoms with Gasteiger partial charge in [0.15, 0.2) is 0 Å². The first kappa shape index (κ1) is 13.9. The van der Waals surface area contributed by atoms with Gasteiger partial charge in [-0.25, -0.2) is 0 Å². The van der Waals surface area contributed by atoms with Crippen LogP contribution in [0.1, 0.15) is 31.4 Å². The van der Waals surface area contributed by atoms with Crippen LogP contribution in [0.25, 0.3) is 10.9 Å². The summed E-state index contributed by atoms with van der Waals surface area (Å²) in [6.07, 6.45) is 5.24. The number of fused-ring (bicyclic) bond motifs is 1. The highest BCUT2D eigenvalue weighted by atomic mass is 35.5. The Morgan fingerprint density at radius 3 is 3.00 bits per heavy atom. The maximum Gasteiger partial charge on any atom is 0.0705 e. The van der Waals surface area contributed by atoms with Gasteiger partial charge in [0.05, 0.1) is 11.1 Å². The van der Waals surface area contributed by atoms with Crippen LogP contribution in [0.15, 0.2) is 24.3 Å². The van der Waals surface area contributed by atoms with Crippen molar-refractivity contribution in [2.45, 2.75) is 38.3 Å². The molecule has 0 spiro atoms. The fourth-order valence-corrected chi connectivity index (χ4v) is 3.08. The zero-order valence-electron chi connectivity index (χ0n) is 11.6. The Morgan fingerprint density at radius 2 is 2.20 bits per heavy atom. The number of ether oxygens (including phenoxy) is 1. The number of para-hydroxylation sites is 1. The summed E-state index contributed by atoms with van der Waals surface area (Å²) in [5.74, 6) is 0. The highest BCUT2D eigenvalue weighted by Gasteiger charge is 2.13. The molecule has 0 amide bonds. The Morgan fingerprint density at radius 1 is 1.30 bits per heavy atom. The van der Waals surface area contributed by atoms with E-state index in [4.69, 9.17) is 16.3 Å². The molecule has 1 aliphatic heterocycles. The molecule has 1 saturated heterocycles. The average molecular weight is 293 g/mol. The van der Waals surface area contributed by atoms with Gasteiger partial charge in [-0.15, -0.1) is 0 Å². The molecule has 1 aromatic heterocycles.